The molecule has 0 unspecified atom stereocenters. The van der Waals surface area contributed by atoms with Crippen molar-refractivity contribution >= 4 is 27.5 Å². The van der Waals surface area contributed by atoms with E-state index in [1.807, 2.05) is 12.1 Å². The Kier molecular flexibility index (Phi) is 4.11. The van der Waals surface area contributed by atoms with Gasteiger partial charge in [0.25, 0.3) is 0 Å². The van der Waals surface area contributed by atoms with Crippen molar-refractivity contribution in [1.82, 2.24) is 5.32 Å². The zero-order valence-corrected chi connectivity index (χ0v) is 11.6. The molecule has 0 spiro atoms. The van der Waals surface area contributed by atoms with Crippen molar-refractivity contribution < 1.29 is 4.74 Å². The average Bonchev–Trinajstić information content (AvgIpc) is 2.33. The molecule has 0 amide bonds. The van der Waals surface area contributed by atoms with Crippen LogP contribution in [0.4, 0.5) is 0 Å². The Morgan fingerprint density at radius 3 is 2.69 bits per heavy atom. The van der Waals surface area contributed by atoms with Crippen LogP contribution in [0.2, 0.25) is 5.02 Å². The van der Waals surface area contributed by atoms with Gasteiger partial charge in [-0.15, -0.1) is 0 Å². The first kappa shape index (κ1) is 12.2. The minimum Gasteiger partial charge on any atom is -0.496 e. The van der Waals surface area contributed by atoms with Crippen LogP contribution in [-0.4, -0.2) is 20.2 Å². The zero-order valence-electron chi connectivity index (χ0n) is 9.22. The Balaban J connectivity index is 2.34. The summed E-state index contributed by atoms with van der Waals surface area (Å²) >= 11 is 9.71. The molecule has 1 heterocycles. The van der Waals surface area contributed by atoms with Crippen molar-refractivity contribution in [3.8, 4) is 5.75 Å². The Morgan fingerprint density at radius 1 is 1.38 bits per heavy atom. The van der Waals surface area contributed by atoms with E-state index < -0.39 is 0 Å². The second-order valence-corrected chi connectivity index (χ2v) is 5.26. The fraction of sp³-hybridized carbons (Fsp3) is 0.500. The number of nitrogens with one attached hydrogen (secondary N) is 1. The first-order valence-corrected chi connectivity index (χ1v) is 6.63. The van der Waals surface area contributed by atoms with E-state index in [-0.39, 0.29) is 0 Å². The lowest BCUT2D eigenvalue weighted by molar-refractivity contribution is 0.408. The summed E-state index contributed by atoms with van der Waals surface area (Å²) in [6, 6.07) is 3.89. The van der Waals surface area contributed by atoms with Gasteiger partial charge in [0, 0.05) is 5.02 Å². The number of piperidine rings is 1. The normalized spacial score (nSPS) is 17.4. The van der Waals surface area contributed by atoms with E-state index in [0.29, 0.717) is 5.92 Å². The molecule has 2 rings (SSSR count). The molecule has 4 heteroatoms. The summed E-state index contributed by atoms with van der Waals surface area (Å²) in [6.07, 6.45) is 2.31. The van der Waals surface area contributed by atoms with E-state index >= 15 is 0 Å². The Bertz CT molecular complexity index is 378. The van der Waals surface area contributed by atoms with Crippen molar-refractivity contribution in [3.63, 3.8) is 0 Å². The van der Waals surface area contributed by atoms with Gasteiger partial charge >= 0.3 is 0 Å². The third-order valence-corrected chi connectivity index (χ3v) is 4.10. The molecule has 1 aliphatic rings. The highest BCUT2D eigenvalue weighted by molar-refractivity contribution is 9.10. The lowest BCUT2D eigenvalue weighted by Crippen LogP contribution is -2.26. The maximum Gasteiger partial charge on any atom is 0.134 e. The summed E-state index contributed by atoms with van der Waals surface area (Å²) in [5.41, 5.74) is 1.27. The van der Waals surface area contributed by atoms with Crippen LogP contribution in [-0.2, 0) is 0 Å². The van der Waals surface area contributed by atoms with E-state index in [4.69, 9.17) is 16.3 Å². The predicted octanol–water partition coefficient (Wildman–Crippen LogP) is 3.58. The van der Waals surface area contributed by atoms with Gasteiger partial charge in [0.15, 0.2) is 0 Å². The van der Waals surface area contributed by atoms with Gasteiger partial charge in [-0.1, -0.05) is 11.6 Å². The summed E-state index contributed by atoms with van der Waals surface area (Å²) in [7, 11) is 1.67. The largest absolute Gasteiger partial charge is 0.496 e. The second kappa shape index (κ2) is 5.39. The molecule has 0 atom stereocenters. The highest BCUT2D eigenvalue weighted by Crippen LogP contribution is 2.39. The molecule has 0 radical (unpaired) electrons. The van der Waals surface area contributed by atoms with Crippen LogP contribution in [0.5, 0.6) is 5.75 Å². The maximum absolute atomic E-state index is 6.10. The number of hydrogen-bond donors (Lipinski definition) is 1. The summed E-state index contributed by atoms with van der Waals surface area (Å²) < 4.78 is 6.36. The van der Waals surface area contributed by atoms with E-state index in [2.05, 4.69) is 21.2 Å². The van der Waals surface area contributed by atoms with Gasteiger partial charge in [-0.25, -0.2) is 0 Å². The molecule has 0 aliphatic carbocycles. The van der Waals surface area contributed by atoms with Gasteiger partial charge in [0.2, 0.25) is 0 Å². The summed E-state index contributed by atoms with van der Waals surface area (Å²) in [6.45, 7) is 2.15. The van der Waals surface area contributed by atoms with Gasteiger partial charge in [-0.3, -0.25) is 0 Å². The van der Waals surface area contributed by atoms with Crippen molar-refractivity contribution in [2.75, 3.05) is 20.2 Å². The molecule has 16 heavy (non-hydrogen) atoms. The van der Waals surface area contributed by atoms with Gasteiger partial charge in [-0.05, 0) is 65.5 Å². The van der Waals surface area contributed by atoms with Crippen LogP contribution in [0.15, 0.2) is 16.6 Å². The van der Waals surface area contributed by atoms with Gasteiger partial charge in [-0.2, -0.15) is 0 Å². The lowest BCUT2D eigenvalue weighted by atomic mass is 9.90. The van der Waals surface area contributed by atoms with Crippen LogP contribution in [0, 0.1) is 0 Å². The average molecular weight is 305 g/mol. The molecule has 2 nitrogen and oxygen atoms in total. The first-order chi connectivity index (χ1) is 7.72. The van der Waals surface area contributed by atoms with Crippen LogP contribution >= 0.6 is 27.5 Å². The minimum absolute atomic E-state index is 0.572. The second-order valence-electron chi connectivity index (χ2n) is 4.04. The third kappa shape index (κ3) is 2.53. The summed E-state index contributed by atoms with van der Waals surface area (Å²) in [5, 5.41) is 4.11. The molecular weight excluding hydrogens is 289 g/mol. The number of benzene rings is 1. The third-order valence-electron chi connectivity index (χ3n) is 3.03. The van der Waals surface area contributed by atoms with Gasteiger partial charge < -0.3 is 10.1 Å². The van der Waals surface area contributed by atoms with Crippen LogP contribution in [0.3, 0.4) is 0 Å². The van der Waals surface area contributed by atoms with E-state index in [9.17, 15) is 0 Å². The van der Waals surface area contributed by atoms with Crippen molar-refractivity contribution in [3.05, 3.63) is 27.2 Å². The molecular formula is C12H15BrClNO. The smallest absolute Gasteiger partial charge is 0.134 e. The van der Waals surface area contributed by atoms with Crippen LogP contribution < -0.4 is 10.1 Å². The predicted molar refractivity (Wildman–Crippen MR) is 70.5 cm³/mol. The first-order valence-electron chi connectivity index (χ1n) is 5.46. The van der Waals surface area contributed by atoms with Crippen LogP contribution in [0.25, 0.3) is 0 Å². The number of hydrogen-bond acceptors (Lipinski definition) is 2. The number of rotatable bonds is 2. The maximum atomic E-state index is 6.10. The van der Waals surface area contributed by atoms with Crippen molar-refractivity contribution in [1.29, 1.82) is 0 Å². The minimum atomic E-state index is 0.572. The molecule has 0 bridgehead atoms. The molecule has 1 saturated heterocycles. The highest BCUT2D eigenvalue weighted by atomic mass is 79.9. The Labute approximate surface area is 109 Å². The molecule has 0 saturated carbocycles. The molecule has 1 aromatic rings. The zero-order chi connectivity index (χ0) is 11.5. The quantitative estimate of drug-likeness (QED) is 0.902. The Morgan fingerprint density at radius 2 is 2.06 bits per heavy atom. The Hall–Kier alpha value is -0.250. The fourth-order valence-electron chi connectivity index (χ4n) is 2.16. The standard InChI is InChI=1S/C12H15BrClNO/c1-16-11-7-9(14)6-10(12(11)13)8-2-4-15-5-3-8/h6-8,15H,2-5H2,1H3. The molecule has 1 N–H and O–H groups in total. The monoisotopic (exact) mass is 303 g/mol. The fourth-order valence-corrected chi connectivity index (χ4v) is 3.09. The number of methoxy groups -OCH3 is 1. The summed E-state index contributed by atoms with van der Waals surface area (Å²) in [4.78, 5) is 0. The topological polar surface area (TPSA) is 21.3 Å². The van der Waals surface area contributed by atoms with Crippen LogP contribution in [0.1, 0.15) is 24.3 Å². The number of halogens is 2. The lowest BCUT2D eigenvalue weighted by Gasteiger charge is -2.24. The molecule has 1 aromatic carbocycles. The van der Waals surface area contributed by atoms with Crippen molar-refractivity contribution in [2.45, 2.75) is 18.8 Å². The molecule has 0 aromatic heterocycles. The van der Waals surface area contributed by atoms with E-state index in [1.54, 1.807) is 7.11 Å². The van der Waals surface area contributed by atoms with Gasteiger partial charge in [0.05, 0.1) is 11.6 Å². The summed E-state index contributed by atoms with van der Waals surface area (Å²) in [5.74, 6) is 1.39. The highest BCUT2D eigenvalue weighted by Gasteiger charge is 2.20. The van der Waals surface area contributed by atoms with E-state index in [0.717, 1.165) is 41.2 Å². The molecule has 1 aliphatic heterocycles. The number of ether oxygens (including phenoxy) is 1. The van der Waals surface area contributed by atoms with Crippen molar-refractivity contribution in [2.24, 2.45) is 0 Å². The molecule has 88 valence electrons. The SMILES string of the molecule is COc1cc(Cl)cc(C2CCNCC2)c1Br. The molecule has 1 fully saturated rings. The van der Waals surface area contributed by atoms with E-state index in [1.165, 1.54) is 5.56 Å². The van der Waals surface area contributed by atoms with Gasteiger partial charge in [0.1, 0.15) is 5.75 Å².